The standard InChI is InChI=1S/C11H15N3OS/c1-6-3-4-8(11(13)16)9(5-6)14-7(2)10(12)15/h3-5,7,14H,1-2H3,(H2,12,15)(H2,13,16). The van der Waals surface area contributed by atoms with Gasteiger partial charge in [-0.05, 0) is 31.5 Å². The quantitative estimate of drug-likeness (QED) is 0.680. The first kappa shape index (κ1) is 12.4. The zero-order valence-corrected chi connectivity index (χ0v) is 10.1. The van der Waals surface area contributed by atoms with Crippen molar-refractivity contribution in [3.63, 3.8) is 0 Å². The summed E-state index contributed by atoms with van der Waals surface area (Å²) in [6.07, 6.45) is 0. The van der Waals surface area contributed by atoms with Crippen LogP contribution in [0.2, 0.25) is 0 Å². The van der Waals surface area contributed by atoms with Gasteiger partial charge in [-0.3, -0.25) is 4.79 Å². The zero-order chi connectivity index (χ0) is 12.3. The molecule has 1 unspecified atom stereocenters. The van der Waals surface area contributed by atoms with Crippen molar-refractivity contribution in [1.29, 1.82) is 0 Å². The van der Waals surface area contributed by atoms with E-state index in [1.54, 1.807) is 6.92 Å². The molecule has 0 bridgehead atoms. The van der Waals surface area contributed by atoms with Crippen LogP contribution < -0.4 is 16.8 Å². The van der Waals surface area contributed by atoms with Crippen molar-refractivity contribution >= 4 is 28.8 Å². The minimum atomic E-state index is -0.463. The van der Waals surface area contributed by atoms with Gasteiger partial charge in [-0.15, -0.1) is 0 Å². The summed E-state index contributed by atoms with van der Waals surface area (Å²) in [5.74, 6) is -0.421. The third kappa shape index (κ3) is 2.93. The van der Waals surface area contributed by atoms with E-state index in [1.165, 1.54) is 0 Å². The molecule has 0 fully saturated rings. The molecule has 0 aliphatic heterocycles. The highest BCUT2D eigenvalue weighted by Crippen LogP contribution is 2.18. The summed E-state index contributed by atoms with van der Waals surface area (Å²) >= 11 is 4.93. The lowest BCUT2D eigenvalue weighted by Crippen LogP contribution is -2.33. The Morgan fingerprint density at radius 3 is 2.56 bits per heavy atom. The van der Waals surface area contributed by atoms with Gasteiger partial charge >= 0.3 is 0 Å². The molecular weight excluding hydrogens is 222 g/mol. The molecule has 0 saturated heterocycles. The second kappa shape index (κ2) is 4.94. The van der Waals surface area contributed by atoms with Crippen LogP contribution in [0.25, 0.3) is 0 Å². The number of nitrogens with two attached hydrogens (primary N) is 2. The van der Waals surface area contributed by atoms with Crippen LogP contribution in [0.4, 0.5) is 5.69 Å². The largest absolute Gasteiger partial charge is 0.389 e. The van der Waals surface area contributed by atoms with E-state index in [0.29, 0.717) is 10.6 Å². The van der Waals surface area contributed by atoms with Gasteiger partial charge in [0.25, 0.3) is 0 Å². The lowest BCUT2D eigenvalue weighted by Gasteiger charge is -2.15. The van der Waals surface area contributed by atoms with Crippen molar-refractivity contribution in [3.05, 3.63) is 29.3 Å². The van der Waals surface area contributed by atoms with Crippen molar-refractivity contribution in [2.24, 2.45) is 11.5 Å². The third-order valence-corrected chi connectivity index (χ3v) is 2.46. The summed E-state index contributed by atoms with van der Waals surface area (Å²) < 4.78 is 0. The number of thiocarbonyl (C=S) groups is 1. The number of rotatable bonds is 4. The Bertz CT molecular complexity index is 431. The van der Waals surface area contributed by atoms with E-state index in [-0.39, 0.29) is 0 Å². The third-order valence-electron chi connectivity index (χ3n) is 2.24. The minimum Gasteiger partial charge on any atom is -0.389 e. The zero-order valence-electron chi connectivity index (χ0n) is 9.28. The molecule has 16 heavy (non-hydrogen) atoms. The first-order chi connectivity index (χ1) is 7.41. The van der Waals surface area contributed by atoms with Crippen molar-refractivity contribution < 1.29 is 4.79 Å². The van der Waals surface area contributed by atoms with Crippen LogP contribution in [-0.4, -0.2) is 16.9 Å². The summed E-state index contributed by atoms with van der Waals surface area (Å²) in [6.45, 7) is 3.64. The van der Waals surface area contributed by atoms with Gasteiger partial charge in [0.05, 0.1) is 0 Å². The number of aryl methyl sites for hydroxylation is 1. The molecule has 4 nitrogen and oxygen atoms in total. The minimum absolute atomic E-state index is 0.291. The Kier molecular flexibility index (Phi) is 3.84. The molecule has 1 rings (SSSR count). The van der Waals surface area contributed by atoms with Crippen LogP contribution in [-0.2, 0) is 4.79 Å². The molecule has 0 aliphatic carbocycles. The summed E-state index contributed by atoms with van der Waals surface area (Å²) in [6, 6.07) is 5.16. The lowest BCUT2D eigenvalue weighted by molar-refractivity contribution is -0.118. The van der Waals surface area contributed by atoms with Gasteiger partial charge in [0, 0.05) is 11.3 Å². The topological polar surface area (TPSA) is 81.1 Å². The lowest BCUT2D eigenvalue weighted by atomic mass is 10.1. The summed E-state index contributed by atoms with van der Waals surface area (Å²) in [5, 5.41) is 2.99. The van der Waals surface area contributed by atoms with E-state index < -0.39 is 11.9 Å². The molecule has 5 N–H and O–H groups in total. The normalized spacial score (nSPS) is 11.9. The maximum Gasteiger partial charge on any atom is 0.239 e. The Morgan fingerprint density at radius 2 is 2.06 bits per heavy atom. The van der Waals surface area contributed by atoms with Crippen LogP contribution in [0, 0.1) is 6.92 Å². The number of carbonyl (C=O) groups excluding carboxylic acids is 1. The summed E-state index contributed by atoms with van der Waals surface area (Å²) in [5.41, 5.74) is 13.3. The number of hydrogen-bond acceptors (Lipinski definition) is 3. The van der Waals surface area contributed by atoms with Crippen LogP contribution >= 0.6 is 12.2 Å². The van der Waals surface area contributed by atoms with Gasteiger partial charge in [-0.1, -0.05) is 18.3 Å². The molecule has 0 heterocycles. The molecule has 0 aromatic heterocycles. The highest BCUT2D eigenvalue weighted by Gasteiger charge is 2.11. The number of amides is 1. The number of benzene rings is 1. The van der Waals surface area contributed by atoms with Crippen molar-refractivity contribution in [2.75, 3.05) is 5.32 Å². The van der Waals surface area contributed by atoms with E-state index in [9.17, 15) is 4.79 Å². The molecular formula is C11H15N3OS. The van der Waals surface area contributed by atoms with E-state index in [0.717, 1.165) is 11.3 Å². The van der Waals surface area contributed by atoms with Crippen LogP contribution in [0.1, 0.15) is 18.1 Å². The van der Waals surface area contributed by atoms with Gasteiger partial charge in [0.2, 0.25) is 5.91 Å². The van der Waals surface area contributed by atoms with E-state index in [4.69, 9.17) is 23.7 Å². The van der Waals surface area contributed by atoms with Crippen LogP contribution in [0.15, 0.2) is 18.2 Å². The second-order valence-electron chi connectivity index (χ2n) is 3.68. The fourth-order valence-corrected chi connectivity index (χ4v) is 1.47. The van der Waals surface area contributed by atoms with Crippen molar-refractivity contribution in [3.8, 4) is 0 Å². The molecule has 86 valence electrons. The molecule has 0 saturated carbocycles. The SMILES string of the molecule is Cc1ccc(C(N)=S)c(NC(C)C(N)=O)c1. The maximum atomic E-state index is 11.0. The Hall–Kier alpha value is -1.62. The molecule has 0 spiro atoms. The molecule has 1 aromatic rings. The fraction of sp³-hybridized carbons (Fsp3) is 0.273. The number of anilines is 1. The molecule has 1 amide bonds. The molecule has 1 atom stereocenters. The number of primary amides is 1. The van der Waals surface area contributed by atoms with E-state index >= 15 is 0 Å². The average molecular weight is 237 g/mol. The monoisotopic (exact) mass is 237 g/mol. The Balaban J connectivity index is 3.05. The highest BCUT2D eigenvalue weighted by atomic mass is 32.1. The van der Waals surface area contributed by atoms with Gasteiger partial charge in [-0.25, -0.2) is 0 Å². The van der Waals surface area contributed by atoms with Gasteiger partial charge in [0.1, 0.15) is 11.0 Å². The highest BCUT2D eigenvalue weighted by molar-refractivity contribution is 7.80. The smallest absolute Gasteiger partial charge is 0.239 e. The van der Waals surface area contributed by atoms with Crippen molar-refractivity contribution in [1.82, 2.24) is 0 Å². The summed E-state index contributed by atoms with van der Waals surface area (Å²) in [4.78, 5) is 11.3. The fourth-order valence-electron chi connectivity index (χ4n) is 1.30. The summed E-state index contributed by atoms with van der Waals surface area (Å²) in [7, 11) is 0. The molecule has 0 aliphatic rings. The number of hydrogen-bond donors (Lipinski definition) is 3. The Morgan fingerprint density at radius 1 is 1.44 bits per heavy atom. The number of carbonyl (C=O) groups is 1. The molecule has 0 radical (unpaired) electrons. The second-order valence-corrected chi connectivity index (χ2v) is 4.12. The van der Waals surface area contributed by atoms with E-state index in [1.807, 2.05) is 25.1 Å². The van der Waals surface area contributed by atoms with Gasteiger partial charge < -0.3 is 16.8 Å². The maximum absolute atomic E-state index is 11.0. The van der Waals surface area contributed by atoms with Crippen LogP contribution in [0.5, 0.6) is 0 Å². The molecule has 1 aromatic carbocycles. The Labute approximate surface area is 100 Å². The molecule has 5 heteroatoms. The van der Waals surface area contributed by atoms with Crippen molar-refractivity contribution in [2.45, 2.75) is 19.9 Å². The predicted molar refractivity (Wildman–Crippen MR) is 69.3 cm³/mol. The first-order valence-electron chi connectivity index (χ1n) is 4.88. The van der Waals surface area contributed by atoms with E-state index in [2.05, 4.69) is 5.32 Å². The van der Waals surface area contributed by atoms with Crippen LogP contribution in [0.3, 0.4) is 0 Å². The first-order valence-corrected chi connectivity index (χ1v) is 5.29. The number of nitrogens with one attached hydrogen (secondary N) is 1. The van der Waals surface area contributed by atoms with Gasteiger partial charge in [0.15, 0.2) is 0 Å². The average Bonchev–Trinajstić information content (AvgIpc) is 2.16. The van der Waals surface area contributed by atoms with Gasteiger partial charge in [-0.2, -0.15) is 0 Å². The predicted octanol–water partition coefficient (Wildman–Crippen LogP) is 0.915.